The summed E-state index contributed by atoms with van der Waals surface area (Å²) in [4.78, 5) is 18.3. The minimum Gasteiger partial charge on any atom is -0.449 e. The minimum atomic E-state index is -3.58. The summed E-state index contributed by atoms with van der Waals surface area (Å²) in [6.07, 6.45) is 3.95. The van der Waals surface area contributed by atoms with Crippen LogP contribution in [0, 0.1) is 13.8 Å². The van der Waals surface area contributed by atoms with Gasteiger partial charge in [-0.15, -0.1) is 0 Å². The van der Waals surface area contributed by atoms with Gasteiger partial charge in [-0.25, -0.2) is 18.4 Å². The van der Waals surface area contributed by atoms with Gasteiger partial charge in [0.15, 0.2) is 5.89 Å². The molecule has 0 N–H and O–H groups in total. The molecule has 33 heavy (non-hydrogen) atoms. The third-order valence-electron chi connectivity index (χ3n) is 6.19. The highest BCUT2D eigenvalue weighted by atomic mass is 32.2. The maximum Gasteiger partial charge on any atom is 0.243 e. The molecule has 1 aromatic carbocycles. The van der Waals surface area contributed by atoms with Gasteiger partial charge in [0.25, 0.3) is 0 Å². The van der Waals surface area contributed by atoms with Gasteiger partial charge in [-0.2, -0.15) is 9.29 Å². The Kier molecular flexibility index (Phi) is 5.79. The van der Waals surface area contributed by atoms with Crippen LogP contribution >= 0.6 is 0 Å². The Morgan fingerprint density at radius 3 is 2.18 bits per heavy atom. The second-order valence-electron chi connectivity index (χ2n) is 8.53. The molecular formula is C23H28N6O3S. The summed E-state index contributed by atoms with van der Waals surface area (Å²) in [5, 5.41) is 0. The lowest BCUT2D eigenvalue weighted by atomic mass is 10.2. The van der Waals surface area contributed by atoms with Crippen molar-refractivity contribution < 1.29 is 12.8 Å². The number of hydrogen-bond acceptors (Lipinski definition) is 8. The number of nitrogens with zero attached hydrogens (tertiary/aromatic N) is 6. The first-order chi connectivity index (χ1) is 15.9. The first-order valence-electron chi connectivity index (χ1n) is 11.3. The molecule has 0 bridgehead atoms. The summed E-state index contributed by atoms with van der Waals surface area (Å²) in [7, 11) is -3.58. The van der Waals surface area contributed by atoms with Gasteiger partial charge in [0.2, 0.25) is 16.0 Å². The quantitative estimate of drug-likeness (QED) is 0.564. The minimum absolute atomic E-state index is 0.281. The van der Waals surface area contributed by atoms with Crippen LogP contribution in [0.5, 0.6) is 0 Å². The van der Waals surface area contributed by atoms with Crippen molar-refractivity contribution in [3.05, 3.63) is 48.2 Å². The molecule has 0 aliphatic carbocycles. The van der Waals surface area contributed by atoms with Crippen molar-refractivity contribution in [1.82, 2.24) is 19.3 Å². The number of oxazole rings is 1. The molecular weight excluding hydrogens is 440 g/mol. The topological polar surface area (TPSA) is 95.7 Å². The number of aromatic nitrogens is 3. The molecule has 2 aromatic heterocycles. The standard InChI is InChI=1S/C23H28N6O3S/c1-17-15-22(27-9-3-4-10-27)26-23(24-17)28-11-13-29(14-12-28)33(30,31)20-7-5-19(6-8-20)21-16-32-18(2)25-21/h5-8,15-16H,3-4,9-14H2,1-2H3. The van der Waals surface area contributed by atoms with E-state index in [0.717, 1.165) is 30.2 Å². The van der Waals surface area contributed by atoms with Gasteiger partial charge < -0.3 is 14.2 Å². The number of aryl methyl sites for hydroxylation is 2. The van der Waals surface area contributed by atoms with Gasteiger partial charge >= 0.3 is 0 Å². The average molecular weight is 469 g/mol. The first kappa shape index (κ1) is 21.8. The summed E-state index contributed by atoms with van der Waals surface area (Å²) >= 11 is 0. The van der Waals surface area contributed by atoms with Gasteiger partial charge in [-0.05, 0) is 31.9 Å². The molecule has 0 atom stereocenters. The number of hydrogen-bond donors (Lipinski definition) is 0. The molecule has 2 aliphatic rings. The number of piperazine rings is 1. The molecule has 0 spiro atoms. The van der Waals surface area contributed by atoms with E-state index in [4.69, 9.17) is 9.40 Å². The summed E-state index contributed by atoms with van der Waals surface area (Å²) in [5.74, 6) is 2.22. The van der Waals surface area contributed by atoms with E-state index >= 15 is 0 Å². The highest BCUT2D eigenvalue weighted by Crippen LogP contribution is 2.25. The lowest BCUT2D eigenvalue weighted by Crippen LogP contribution is -2.49. The van der Waals surface area contributed by atoms with Crippen LogP contribution in [-0.4, -0.2) is 66.9 Å². The van der Waals surface area contributed by atoms with Gasteiger partial charge in [0, 0.05) is 63.5 Å². The molecule has 3 aromatic rings. The lowest BCUT2D eigenvalue weighted by molar-refractivity contribution is 0.382. The normalized spacial score (nSPS) is 17.6. The van der Waals surface area contributed by atoms with Crippen LogP contribution in [0.3, 0.4) is 0 Å². The predicted octanol–water partition coefficient (Wildman–Crippen LogP) is 2.86. The highest BCUT2D eigenvalue weighted by Gasteiger charge is 2.30. The number of benzene rings is 1. The summed E-state index contributed by atoms with van der Waals surface area (Å²) in [5.41, 5.74) is 2.44. The maximum absolute atomic E-state index is 13.2. The third-order valence-corrected chi connectivity index (χ3v) is 8.10. The van der Waals surface area contributed by atoms with E-state index in [1.165, 1.54) is 17.1 Å². The van der Waals surface area contributed by atoms with E-state index in [9.17, 15) is 8.42 Å². The molecule has 0 unspecified atom stereocenters. The summed E-state index contributed by atoms with van der Waals surface area (Å²) in [6, 6.07) is 8.82. The van der Waals surface area contributed by atoms with Gasteiger partial charge in [-0.3, -0.25) is 0 Å². The number of rotatable bonds is 5. The van der Waals surface area contributed by atoms with E-state index in [1.54, 1.807) is 37.5 Å². The van der Waals surface area contributed by atoms with Crippen LogP contribution in [0.4, 0.5) is 11.8 Å². The van der Waals surface area contributed by atoms with Crippen LogP contribution in [0.25, 0.3) is 11.3 Å². The Balaban J connectivity index is 1.28. The molecule has 2 fully saturated rings. The molecule has 174 valence electrons. The molecule has 0 radical (unpaired) electrons. The number of anilines is 2. The maximum atomic E-state index is 13.2. The Morgan fingerprint density at radius 2 is 1.55 bits per heavy atom. The van der Waals surface area contributed by atoms with Gasteiger partial charge in [0.1, 0.15) is 17.8 Å². The Morgan fingerprint density at radius 1 is 0.848 bits per heavy atom. The molecule has 0 amide bonds. The Bertz CT molecular complexity index is 1230. The van der Waals surface area contributed by atoms with Crippen LogP contribution < -0.4 is 9.80 Å². The van der Waals surface area contributed by atoms with Crippen molar-refractivity contribution >= 4 is 21.8 Å². The zero-order chi connectivity index (χ0) is 23.0. The van der Waals surface area contributed by atoms with Crippen LogP contribution in [0.2, 0.25) is 0 Å². The first-order valence-corrected chi connectivity index (χ1v) is 12.7. The fourth-order valence-electron chi connectivity index (χ4n) is 4.36. The van der Waals surface area contributed by atoms with E-state index < -0.39 is 10.0 Å². The van der Waals surface area contributed by atoms with E-state index in [-0.39, 0.29) is 4.90 Å². The molecule has 2 saturated heterocycles. The second kappa shape index (κ2) is 8.75. The largest absolute Gasteiger partial charge is 0.449 e. The van der Waals surface area contributed by atoms with Crippen molar-refractivity contribution in [2.75, 3.05) is 49.1 Å². The fraction of sp³-hybridized carbons (Fsp3) is 0.435. The van der Waals surface area contributed by atoms with Crippen LogP contribution in [0.15, 0.2) is 45.9 Å². The van der Waals surface area contributed by atoms with E-state index in [0.29, 0.717) is 43.7 Å². The number of sulfonamides is 1. The molecule has 10 heteroatoms. The Labute approximate surface area is 194 Å². The van der Waals surface area contributed by atoms with Crippen molar-refractivity contribution in [3.8, 4) is 11.3 Å². The molecule has 2 aliphatic heterocycles. The lowest BCUT2D eigenvalue weighted by Gasteiger charge is -2.34. The van der Waals surface area contributed by atoms with Crippen LogP contribution in [-0.2, 0) is 10.0 Å². The zero-order valence-corrected chi connectivity index (χ0v) is 19.8. The van der Waals surface area contributed by atoms with Crippen molar-refractivity contribution in [2.45, 2.75) is 31.6 Å². The molecule has 4 heterocycles. The molecule has 0 saturated carbocycles. The van der Waals surface area contributed by atoms with E-state index in [2.05, 4.69) is 19.8 Å². The highest BCUT2D eigenvalue weighted by molar-refractivity contribution is 7.89. The SMILES string of the molecule is Cc1cc(N2CCCC2)nc(N2CCN(S(=O)(=O)c3ccc(-c4coc(C)n4)cc3)CC2)n1. The van der Waals surface area contributed by atoms with Crippen molar-refractivity contribution in [2.24, 2.45) is 0 Å². The zero-order valence-electron chi connectivity index (χ0n) is 18.9. The Hall–Kier alpha value is -2.98. The summed E-state index contributed by atoms with van der Waals surface area (Å²) < 4.78 is 33.2. The summed E-state index contributed by atoms with van der Waals surface area (Å²) in [6.45, 7) is 7.70. The fourth-order valence-corrected chi connectivity index (χ4v) is 5.78. The van der Waals surface area contributed by atoms with Crippen molar-refractivity contribution in [3.63, 3.8) is 0 Å². The third kappa shape index (κ3) is 4.45. The second-order valence-corrected chi connectivity index (χ2v) is 10.5. The smallest absolute Gasteiger partial charge is 0.243 e. The van der Waals surface area contributed by atoms with Crippen molar-refractivity contribution in [1.29, 1.82) is 0 Å². The van der Waals surface area contributed by atoms with Crippen LogP contribution in [0.1, 0.15) is 24.4 Å². The van der Waals surface area contributed by atoms with Gasteiger partial charge in [-0.1, -0.05) is 12.1 Å². The van der Waals surface area contributed by atoms with E-state index in [1.807, 2.05) is 13.0 Å². The average Bonchev–Trinajstić information content (AvgIpc) is 3.51. The monoisotopic (exact) mass is 468 g/mol. The van der Waals surface area contributed by atoms with Gasteiger partial charge in [0.05, 0.1) is 4.90 Å². The molecule has 9 nitrogen and oxygen atoms in total. The predicted molar refractivity (Wildman–Crippen MR) is 126 cm³/mol. The molecule has 5 rings (SSSR count).